The van der Waals surface area contributed by atoms with Crippen LogP contribution in [0.3, 0.4) is 0 Å². The van der Waals surface area contributed by atoms with Gasteiger partial charge in [-0.05, 0) is 19.4 Å². The quantitative estimate of drug-likeness (QED) is 0.196. The molecule has 6 nitrogen and oxygen atoms in total. The number of likely N-dealkylation sites (tertiary alicyclic amines) is 1. The molecule has 1 fully saturated rings. The van der Waals surface area contributed by atoms with Crippen molar-refractivity contribution < 1.29 is 9.47 Å². The number of para-hydroxylation sites is 1. The molecule has 1 N–H and O–H groups in total. The molecule has 7 heteroatoms. The molecule has 28 heavy (non-hydrogen) atoms. The normalized spacial score (nSPS) is 19.7. The molecule has 3 rings (SSSR count). The van der Waals surface area contributed by atoms with Crippen LogP contribution in [0, 0.1) is 0 Å². The Bertz CT molecular complexity index is 645. The van der Waals surface area contributed by atoms with Crippen molar-refractivity contribution in [3.63, 3.8) is 0 Å². The van der Waals surface area contributed by atoms with Gasteiger partial charge in [-0.2, -0.15) is 0 Å². The molecule has 0 bridgehead atoms. The summed E-state index contributed by atoms with van der Waals surface area (Å²) in [5.41, 5.74) is 1.07. The van der Waals surface area contributed by atoms with Crippen LogP contribution in [0.15, 0.2) is 41.4 Å². The molecular formula is C21H33IN4O2. The maximum Gasteiger partial charge on any atom is 0.194 e. The Balaban J connectivity index is 0.00000280. The van der Waals surface area contributed by atoms with Gasteiger partial charge >= 0.3 is 0 Å². The molecule has 0 spiro atoms. The minimum absolute atomic E-state index is 0. The Morgan fingerprint density at radius 2 is 2.04 bits per heavy atom. The summed E-state index contributed by atoms with van der Waals surface area (Å²) >= 11 is 0. The Kier molecular flexibility index (Phi) is 10.1. The second kappa shape index (κ2) is 12.3. The van der Waals surface area contributed by atoms with Crippen molar-refractivity contribution in [2.24, 2.45) is 4.99 Å². The van der Waals surface area contributed by atoms with Gasteiger partial charge in [-0.15, -0.1) is 24.0 Å². The first-order valence-electron chi connectivity index (χ1n) is 9.93. The number of hydrogen-bond donors (Lipinski definition) is 1. The molecule has 1 aromatic rings. The second-order valence-electron chi connectivity index (χ2n) is 6.91. The van der Waals surface area contributed by atoms with Gasteiger partial charge in [-0.1, -0.05) is 30.4 Å². The molecule has 2 aliphatic rings. The van der Waals surface area contributed by atoms with E-state index in [9.17, 15) is 0 Å². The first-order valence-corrected chi connectivity index (χ1v) is 9.93. The molecule has 0 saturated carbocycles. The lowest BCUT2D eigenvalue weighted by Crippen LogP contribution is -2.43. The van der Waals surface area contributed by atoms with Gasteiger partial charge in [-0.3, -0.25) is 9.89 Å². The molecule has 0 aromatic heterocycles. The van der Waals surface area contributed by atoms with E-state index in [1.54, 1.807) is 7.11 Å². The van der Waals surface area contributed by atoms with E-state index in [2.05, 4.69) is 34.2 Å². The monoisotopic (exact) mass is 500 g/mol. The molecule has 0 amide bonds. The van der Waals surface area contributed by atoms with Gasteiger partial charge in [-0.25, -0.2) is 0 Å². The molecule has 2 heterocycles. The van der Waals surface area contributed by atoms with Crippen LogP contribution >= 0.6 is 24.0 Å². The van der Waals surface area contributed by atoms with E-state index in [1.807, 2.05) is 24.3 Å². The van der Waals surface area contributed by atoms with E-state index >= 15 is 0 Å². The van der Waals surface area contributed by atoms with E-state index in [4.69, 9.17) is 14.5 Å². The number of methoxy groups -OCH3 is 1. The Labute approximate surface area is 186 Å². The van der Waals surface area contributed by atoms with Crippen LogP contribution < -0.4 is 10.1 Å². The summed E-state index contributed by atoms with van der Waals surface area (Å²) in [6, 6.07) is 8.59. The van der Waals surface area contributed by atoms with Crippen molar-refractivity contribution >= 4 is 29.9 Å². The number of rotatable bonds is 8. The van der Waals surface area contributed by atoms with E-state index in [0.29, 0.717) is 25.8 Å². The number of halogens is 1. The summed E-state index contributed by atoms with van der Waals surface area (Å²) in [5, 5.41) is 3.43. The number of nitrogens with zero attached hydrogens (tertiary/aromatic N) is 3. The van der Waals surface area contributed by atoms with Crippen molar-refractivity contribution in [3.05, 3.63) is 42.0 Å². The van der Waals surface area contributed by atoms with Crippen LogP contribution in [0.5, 0.6) is 5.75 Å². The Hall–Kier alpha value is -1.32. The van der Waals surface area contributed by atoms with Gasteiger partial charge in [0.2, 0.25) is 0 Å². The van der Waals surface area contributed by atoms with Crippen molar-refractivity contribution in [3.8, 4) is 5.75 Å². The molecule has 2 aliphatic heterocycles. The van der Waals surface area contributed by atoms with Crippen molar-refractivity contribution in [2.75, 3.05) is 53.0 Å². The van der Waals surface area contributed by atoms with Crippen molar-refractivity contribution in [2.45, 2.75) is 26.0 Å². The van der Waals surface area contributed by atoms with Gasteiger partial charge < -0.3 is 19.7 Å². The first-order chi connectivity index (χ1) is 13.3. The molecule has 1 unspecified atom stereocenters. The third-order valence-electron chi connectivity index (χ3n) is 5.11. The van der Waals surface area contributed by atoms with E-state index in [0.717, 1.165) is 50.0 Å². The lowest BCUT2D eigenvalue weighted by molar-refractivity contribution is 0.126. The fraction of sp³-hybridized carbons (Fsp3) is 0.571. The molecule has 1 atom stereocenters. The van der Waals surface area contributed by atoms with Crippen LogP contribution in [-0.2, 0) is 11.3 Å². The largest absolute Gasteiger partial charge is 0.496 e. The van der Waals surface area contributed by atoms with Gasteiger partial charge in [0.25, 0.3) is 0 Å². The van der Waals surface area contributed by atoms with Crippen molar-refractivity contribution in [1.82, 2.24) is 15.1 Å². The summed E-state index contributed by atoms with van der Waals surface area (Å²) in [6.45, 7) is 9.09. The highest BCUT2D eigenvalue weighted by atomic mass is 127. The minimum Gasteiger partial charge on any atom is -0.496 e. The van der Waals surface area contributed by atoms with Crippen LogP contribution in [0.2, 0.25) is 0 Å². The zero-order chi connectivity index (χ0) is 18.9. The van der Waals surface area contributed by atoms with Gasteiger partial charge in [0.1, 0.15) is 5.75 Å². The fourth-order valence-corrected chi connectivity index (χ4v) is 3.67. The first kappa shape index (κ1) is 23.0. The van der Waals surface area contributed by atoms with Gasteiger partial charge in [0.05, 0.1) is 26.9 Å². The van der Waals surface area contributed by atoms with E-state index in [1.165, 1.54) is 6.42 Å². The lowest BCUT2D eigenvalue weighted by atomic mass is 10.2. The number of aliphatic imine (C=N–C) groups is 1. The van der Waals surface area contributed by atoms with E-state index in [-0.39, 0.29) is 24.0 Å². The molecular weight excluding hydrogens is 467 g/mol. The highest BCUT2D eigenvalue weighted by molar-refractivity contribution is 14.0. The maximum absolute atomic E-state index is 5.81. The lowest BCUT2D eigenvalue weighted by Gasteiger charge is -2.25. The summed E-state index contributed by atoms with van der Waals surface area (Å²) in [7, 11) is 1.69. The molecule has 1 saturated heterocycles. The third-order valence-corrected chi connectivity index (χ3v) is 5.11. The number of ether oxygens (including phenoxy) is 2. The van der Waals surface area contributed by atoms with Crippen molar-refractivity contribution in [1.29, 1.82) is 0 Å². The second-order valence-corrected chi connectivity index (χ2v) is 6.91. The third kappa shape index (κ3) is 6.35. The van der Waals surface area contributed by atoms with Gasteiger partial charge in [0, 0.05) is 44.3 Å². The fourth-order valence-electron chi connectivity index (χ4n) is 3.67. The SMILES string of the molecule is CCNC(=NCCOCc1ccccc1OC)N1CCC(N2CC=CC2)C1.I. The zero-order valence-corrected chi connectivity index (χ0v) is 19.3. The molecule has 156 valence electrons. The number of hydrogen-bond acceptors (Lipinski definition) is 4. The minimum atomic E-state index is 0. The summed E-state index contributed by atoms with van der Waals surface area (Å²) in [6.07, 6.45) is 5.73. The van der Waals surface area contributed by atoms with Gasteiger partial charge in [0.15, 0.2) is 5.96 Å². The van der Waals surface area contributed by atoms with Crippen LogP contribution in [0.4, 0.5) is 0 Å². The standard InChI is InChI=1S/C21H32N4O2.HI/c1-3-22-21(25-14-10-19(16-25)24-12-6-7-13-24)23-11-15-27-17-18-8-4-5-9-20(18)26-2;/h4-9,19H,3,10-17H2,1-2H3,(H,22,23);1H. The number of benzene rings is 1. The predicted octanol–water partition coefficient (Wildman–Crippen LogP) is 2.74. The summed E-state index contributed by atoms with van der Waals surface area (Å²) in [5.74, 6) is 1.88. The number of nitrogens with one attached hydrogen (secondary N) is 1. The Morgan fingerprint density at radius 3 is 2.79 bits per heavy atom. The molecule has 0 aliphatic carbocycles. The van der Waals surface area contributed by atoms with Crippen LogP contribution in [0.1, 0.15) is 18.9 Å². The number of guanidine groups is 1. The topological polar surface area (TPSA) is 49.3 Å². The Morgan fingerprint density at radius 1 is 1.25 bits per heavy atom. The smallest absolute Gasteiger partial charge is 0.194 e. The molecule has 0 radical (unpaired) electrons. The summed E-state index contributed by atoms with van der Waals surface area (Å²) in [4.78, 5) is 9.69. The average Bonchev–Trinajstić information content (AvgIpc) is 3.39. The summed E-state index contributed by atoms with van der Waals surface area (Å²) < 4.78 is 11.2. The van der Waals surface area contributed by atoms with Crippen LogP contribution in [0.25, 0.3) is 0 Å². The highest BCUT2D eigenvalue weighted by Gasteiger charge is 2.29. The average molecular weight is 500 g/mol. The maximum atomic E-state index is 5.81. The highest BCUT2D eigenvalue weighted by Crippen LogP contribution is 2.19. The van der Waals surface area contributed by atoms with E-state index < -0.39 is 0 Å². The zero-order valence-electron chi connectivity index (χ0n) is 17.0. The predicted molar refractivity (Wildman–Crippen MR) is 125 cm³/mol. The molecule has 1 aromatic carbocycles. The van der Waals surface area contributed by atoms with Crippen LogP contribution in [-0.4, -0.2) is 74.8 Å².